The number of amides is 2. The molecular formula is C11H18N2O4S. The van der Waals surface area contributed by atoms with Gasteiger partial charge in [-0.15, -0.1) is 0 Å². The minimum atomic E-state index is -4.46. The monoisotopic (exact) mass is 274 g/mol. The highest BCUT2D eigenvalue weighted by atomic mass is 32.2. The average molecular weight is 274 g/mol. The number of hydrogen-bond acceptors (Lipinski definition) is 3. The molecule has 7 heteroatoms. The summed E-state index contributed by atoms with van der Waals surface area (Å²) in [4.78, 5) is 11.5. The number of hydrogen-bond donors (Lipinski definition) is 3. The second kappa shape index (κ2) is 4.09. The molecule has 4 saturated carbocycles. The molecule has 0 saturated heterocycles. The van der Waals surface area contributed by atoms with Crippen LogP contribution in [0.4, 0.5) is 4.79 Å². The molecule has 0 spiro atoms. The SMILES string of the molecule is O=C(NC1C2CC3CC(C2)CC1C3)NS(=O)(=O)O. The molecule has 3 N–H and O–H groups in total. The summed E-state index contributed by atoms with van der Waals surface area (Å²) in [5.74, 6) is 2.56. The Morgan fingerprint density at radius 3 is 1.94 bits per heavy atom. The summed E-state index contributed by atoms with van der Waals surface area (Å²) >= 11 is 0. The predicted molar refractivity (Wildman–Crippen MR) is 64.0 cm³/mol. The van der Waals surface area contributed by atoms with Crippen LogP contribution < -0.4 is 10.0 Å². The summed E-state index contributed by atoms with van der Waals surface area (Å²) < 4.78 is 31.3. The molecule has 102 valence electrons. The lowest BCUT2D eigenvalue weighted by atomic mass is 9.54. The van der Waals surface area contributed by atoms with Gasteiger partial charge in [-0.2, -0.15) is 8.42 Å². The van der Waals surface area contributed by atoms with E-state index in [4.69, 9.17) is 4.55 Å². The number of carbonyl (C=O) groups is 1. The molecule has 0 aromatic carbocycles. The molecule has 4 aliphatic rings. The molecule has 0 atom stereocenters. The summed E-state index contributed by atoms with van der Waals surface area (Å²) in [7, 11) is -4.46. The van der Waals surface area contributed by atoms with E-state index in [2.05, 4.69) is 5.32 Å². The van der Waals surface area contributed by atoms with Crippen LogP contribution in [0, 0.1) is 23.7 Å². The first-order valence-electron chi connectivity index (χ1n) is 6.46. The van der Waals surface area contributed by atoms with Crippen molar-refractivity contribution in [1.29, 1.82) is 0 Å². The van der Waals surface area contributed by atoms with E-state index >= 15 is 0 Å². The summed E-state index contributed by atoms with van der Waals surface area (Å²) in [5, 5.41) is 2.73. The molecule has 4 rings (SSSR count). The van der Waals surface area contributed by atoms with Crippen molar-refractivity contribution in [3.8, 4) is 0 Å². The number of nitrogens with one attached hydrogen (secondary N) is 2. The Kier molecular flexibility index (Phi) is 2.78. The van der Waals surface area contributed by atoms with Crippen LogP contribution >= 0.6 is 0 Å². The van der Waals surface area contributed by atoms with Crippen molar-refractivity contribution >= 4 is 16.3 Å². The van der Waals surface area contributed by atoms with Gasteiger partial charge < -0.3 is 5.32 Å². The van der Waals surface area contributed by atoms with Gasteiger partial charge in [-0.25, -0.2) is 9.52 Å². The molecule has 0 aliphatic heterocycles. The van der Waals surface area contributed by atoms with Gasteiger partial charge in [0.15, 0.2) is 0 Å². The van der Waals surface area contributed by atoms with Crippen molar-refractivity contribution in [1.82, 2.24) is 10.0 Å². The molecule has 6 nitrogen and oxygen atoms in total. The second-order valence-corrected chi connectivity index (χ2v) is 7.16. The van der Waals surface area contributed by atoms with E-state index in [1.165, 1.54) is 6.42 Å². The average Bonchev–Trinajstić information content (AvgIpc) is 2.19. The third-order valence-electron chi connectivity index (χ3n) is 4.75. The molecule has 4 fully saturated rings. The molecule has 0 unspecified atom stereocenters. The van der Waals surface area contributed by atoms with E-state index in [0.717, 1.165) is 37.5 Å². The number of rotatable bonds is 2. The fourth-order valence-corrected chi connectivity index (χ4v) is 4.75. The van der Waals surface area contributed by atoms with Crippen molar-refractivity contribution < 1.29 is 17.8 Å². The standard InChI is InChI=1S/C11H18N2O4S/c14-11(13-18(15,16)17)12-10-8-2-6-1-7(4-8)5-9(10)3-6/h6-10H,1-5H2,(H2,12,13,14)(H,15,16,17). The molecule has 18 heavy (non-hydrogen) atoms. The van der Waals surface area contributed by atoms with Crippen LogP contribution in [0.2, 0.25) is 0 Å². The molecule has 0 heterocycles. The highest BCUT2D eigenvalue weighted by molar-refractivity contribution is 7.84. The Hall–Kier alpha value is -0.820. The zero-order valence-electron chi connectivity index (χ0n) is 10.0. The Balaban J connectivity index is 1.65. The molecule has 0 aromatic rings. The number of carbonyl (C=O) groups excluding carboxylic acids is 1. The Labute approximate surface area is 106 Å². The first-order chi connectivity index (χ1) is 8.40. The topological polar surface area (TPSA) is 95.5 Å². The molecule has 2 amide bonds. The zero-order valence-corrected chi connectivity index (χ0v) is 10.8. The maximum atomic E-state index is 11.5. The molecule has 0 radical (unpaired) electrons. The second-order valence-electron chi connectivity index (χ2n) is 6.01. The van der Waals surface area contributed by atoms with Gasteiger partial charge in [0.25, 0.3) is 0 Å². The maximum absolute atomic E-state index is 11.5. The van der Waals surface area contributed by atoms with Gasteiger partial charge in [0.1, 0.15) is 0 Å². The molecule has 4 bridgehead atoms. The molecule has 0 aromatic heterocycles. The number of urea groups is 1. The van der Waals surface area contributed by atoms with Gasteiger partial charge in [-0.1, -0.05) is 0 Å². The van der Waals surface area contributed by atoms with Crippen LogP contribution in [0.5, 0.6) is 0 Å². The quantitative estimate of drug-likeness (QED) is 0.652. The summed E-state index contributed by atoms with van der Waals surface area (Å²) in [6.07, 6.45) is 5.90. The Morgan fingerprint density at radius 1 is 1.00 bits per heavy atom. The van der Waals surface area contributed by atoms with Gasteiger partial charge in [0.05, 0.1) is 0 Å². The van der Waals surface area contributed by atoms with Gasteiger partial charge >= 0.3 is 16.3 Å². The fraction of sp³-hybridized carbons (Fsp3) is 0.909. The third kappa shape index (κ3) is 2.33. The third-order valence-corrected chi connectivity index (χ3v) is 5.19. The predicted octanol–water partition coefficient (Wildman–Crippen LogP) is 0.913. The van der Waals surface area contributed by atoms with Crippen LogP contribution in [-0.2, 0) is 10.3 Å². The highest BCUT2D eigenvalue weighted by Crippen LogP contribution is 2.53. The Bertz CT molecular complexity index is 434. The van der Waals surface area contributed by atoms with Crippen LogP contribution in [0.1, 0.15) is 32.1 Å². The highest BCUT2D eigenvalue weighted by Gasteiger charge is 2.48. The van der Waals surface area contributed by atoms with Gasteiger partial charge in [0.2, 0.25) is 0 Å². The van der Waals surface area contributed by atoms with Crippen LogP contribution in [0.25, 0.3) is 0 Å². The minimum Gasteiger partial charge on any atom is -0.334 e. The largest absolute Gasteiger partial charge is 0.361 e. The van der Waals surface area contributed by atoms with E-state index in [9.17, 15) is 13.2 Å². The van der Waals surface area contributed by atoms with Crippen molar-refractivity contribution in [3.05, 3.63) is 0 Å². The summed E-state index contributed by atoms with van der Waals surface area (Å²) in [5.41, 5.74) is 0. The summed E-state index contributed by atoms with van der Waals surface area (Å²) in [6, 6.07) is -0.741. The fourth-order valence-electron chi connectivity index (χ4n) is 4.46. The first-order valence-corrected chi connectivity index (χ1v) is 7.90. The van der Waals surface area contributed by atoms with Gasteiger partial charge in [-0.3, -0.25) is 4.55 Å². The van der Waals surface area contributed by atoms with E-state index < -0.39 is 16.3 Å². The lowest BCUT2D eigenvalue weighted by Crippen LogP contribution is -2.57. The molecule has 4 aliphatic carbocycles. The Morgan fingerprint density at radius 2 is 1.50 bits per heavy atom. The summed E-state index contributed by atoms with van der Waals surface area (Å²) in [6.45, 7) is 0. The molecular weight excluding hydrogens is 256 g/mol. The van der Waals surface area contributed by atoms with Crippen molar-refractivity contribution in [2.75, 3.05) is 0 Å². The normalized spacial score (nSPS) is 41.7. The van der Waals surface area contributed by atoms with E-state index in [-0.39, 0.29) is 6.04 Å². The smallest absolute Gasteiger partial charge is 0.334 e. The van der Waals surface area contributed by atoms with Crippen molar-refractivity contribution in [3.63, 3.8) is 0 Å². The van der Waals surface area contributed by atoms with E-state index in [1.54, 1.807) is 4.72 Å². The van der Waals surface area contributed by atoms with Crippen LogP contribution in [0.15, 0.2) is 0 Å². The first kappa shape index (κ1) is 12.2. The lowest BCUT2D eigenvalue weighted by molar-refractivity contribution is -0.00921. The van der Waals surface area contributed by atoms with Crippen molar-refractivity contribution in [2.45, 2.75) is 38.1 Å². The van der Waals surface area contributed by atoms with Crippen LogP contribution in [0.3, 0.4) is 0 Å². The lowest BCUT2D eigenvalue weighted by Gasteiger charge is -2.54. The van der Waals surface area contributed by atoms with Crippen molar-refractivity contribution in [2.24, 2.45) is 23.7 Å². The van der Waals surface area contributed by atoms with E-state index in [0.29, 0.717) is 11.8 Å². The maximum Gasteiger partial charge on any atom is 0.361 e. The van der Waals surface area contributed by atoms with Crippen LogP contribution in [-0.4, -0.2) is 25.0 Å². The minimum absolute atomic E-state index is 0.0690. The zero-order chi connectivity index (χ0) is 12.9. The van der Waals surface area contributed by atoms with E-state index in [1.807, 2.05) is 0 Å². The van der Waals surface area contributed by atoms with Gasteiger partial charge in [-0.05, 0) is 55.8 Å². The van der Waals surface area contributed by atoms with Gasteiger partial charge in [0, 0.05) is 6.04 Å².